The Labute approximate surface area is 133 Å². The molecule has 0 aromatic heterocycles. The number of ether oxygens (including phenoxy) is 1. The number of aliphatic hydroxyl groups is 1. The summed E-state index contributed by atoms with van der Waals surface area (Å²) >= 11 is 0. The number of fused-ring (bicyclic) bond motifs is 1. The van der Waals surface area contributed by atoms with Gasteiger partial charge in [-0.05, 0) is 30.9 Å². The van der Waals surface area contributed by atoms with Crippen LogP contribution in [0.4, 0.5) is 10.5 Å². The van der Waals surface area contributed by atoms with Gasteiger partial charge in [-0.2, -0.15) is 0 Å². The first-order valence-electron chi connectivity index (χ1n) is 7.76. The van der Waals surface area contributed by atoms with Crippen LogP contribution in [0.15, 0.2) is 18.2 Å². The van der Waals surface area contributed by atoms with Crippen LogP contribution in [0.3, 0.4) is 0 Å². The summed E-state index contributed by atoms with van der Waals surface area (Å²) in [6.45, 7) is 0.0495. The SMILES string of the molecule is O=C1CCc2ccc(O[C@H]3CC[C@H](CO)N(C(=O)O)C3)cc2N1. The second-order valence-electron chi connectivity index (χ2n) is 5.96. The standard InChI is InChI=1S/C16H20N2O5/c19-9-11-3-5-13(8-18(11)16(21)22)23-12-4-1-10-2-6-15(20)17-14(10)7-12/h1,4,7,11,13,19H,2-3,5-6,8-9H2,(H,17,20)(H,21,22)/t11-,13+/m1/s1. The highest BCUT2D eigenvalue weighted by molar-refractivity contribution is 5.94. The van der Waals surface area contributed by atoms with Crippen molar-refractivity contribution in [1.82, 2.24) is 4.90 Å². The van der Waals surface area contributed by atoms with Crippen LogP contribution in [-0.4, -0.2) is 52.4 Å². The molecule has 0 unspecified atom stereocenters. The third kappa shape index (κ3) is 3.39. The Balaban J connectivity index is 1.69. The number of aliphatic hydroxyl groups excluding tert-OH is 1. The van der Waals surface area contributed by atoms with Crippen LogP contribution in [0.5, 0.6) is 5.75 Å². The molecule has 2 atom stereocenters. The minimum atomic E-state index is -1.05. The lowest BCUT2D eigenvalue weighted by Gasteiger charge is -2.37. The van der Waals surface area contributed by atoms with Gasteiger partial charge in [0.15, 0.2) is 0 Å². The van der Waals surface area contributed by atoms with Gasteiger partial charge in [-0.15, -0.1) is 0 Å². The Morgan fingerprint density at radius 2 is 2.17 bits per heavy atom. The summed E-state index contributed by atoms with van der Waals surface area (Å²) in [7, 11) is 0. The number of piperidine rings is 1. The van der Waals surface area contributed by atoms with E-state index in [1.54, 1.807) is 6.07 Å². The molecule has 0 saturated carbocycles. The topological polar surface area (TPSA) is 99.1 Å². The van der Waals surface area contributed by atoms with E-state index < -0.39 is 6.09 Å². The Bertz CT molecular complexity index is 618. The molecule has 124 valence electrons. The summed E-state index contributed by atoms with van der Waals surface area (Å²) < 4.78 is 5.89. The Morgan fingerprint density at radius 1 is 1.35 bits per heavy atom. The van der Waals surface area contributed by atoms with E-state index in [1.165, 1.54) is 4.90 Å². The lowest BCUT2D eigenvalue weighted by Crippen LogP contribution is -2.51. The summed E-state index contributed by atoms with van der Waals surface area (Å²) in [5.74, 6) is 0.610. The minimum absolute atomic E-state index is 0.00448. The van der Waals surface area contributed by atoms with Crippen molar-refractivity contribution in [2.45, 2.75) is 37.8 Å². The molecule has 3 N–H and O–H groups in total. The highest BCUT2D eigenvalue weighted by Gasteiger charge is 2.32. The van der Waals surface area contributed by atoms with Crippen LogP contribution < -0.4 is 10.1 Å². The van der Waals surface area contributed by atoms with Crippen molar-refractivity contribution < 1.29 is 24.5 Å². The fourth-order valence-electron chi connectivity index (χ4n) is 3.13. The maximum Gasteiger partial charge on any atom is 0.407 e. The predicted molar refractivity (Wildman–Crippen MR) is 82.6 cm³/mol. The summed E-state index contributed by atoms with van der Waals surface area (Å²) in [6.07, 6.45) is 1.15. The number of rotatable bonds is 3. The molecule has 2 amide bonds. The number of amides is 2. The van der Waals surface area contributed by atoms with Crippen molar-refractivity contribution in [2.75, 3.05) is 18.5 Å². The van der Waals surface area contributed by atoms with Gasteiger partial charge in [0, 0.05) is 18.2 Å². The average Bonchev–Trinajstić information content (AvgIpc) is 2.54. The van der Waals surface area contributed by atoms with Crippen molar-refractivity contribution in [2.24, 2.45) is 0 Å². The van der Waals surface area contributed by atoms with Crippen molar-refractivity contribution in [3.05, 3.63) is 23.8 Å². The van der Waals surface area contributed by atoms with Crippen LogP contribution in [0.2, 0.25) is 0 Å². The van der Waals surface area contributed by atoms with Crippen LogP contribution in [0.1, 0.15) is 24.8 Å². The van der Waals surface area contributed by atoms with Gasteiger partial charge in [0.1, 0.15) is 11.9 Å². The smallest absolute Gasteiger partial charge is 0.407 e. The second-order valence-corrected chi connectivity index (χ2v) is 5.96. The molecule has 7 heteroatoms. The van der Waals surface area contributed by atoms with E-state index in [0.717, 1.165) is 17.7 Å². The van der Waals surface area contributed by atoms with Crippen LogP contribution >= 0.6 is 0 Å². The van der Waals surface area contributed by atoms with Crippen LogP contribution in [0, 0.1) is 0 Å². The summed E-state index contributed by atoms with van der Waals surface area (Å²) in [5, 5.41) is 21.3. The number of nitrogens with one attached hydrogen (secondary N) is 1. The number of hydrogen-bond acceptors (Lipinski definition) is 4. The first kappa shape index (κ1) is 15.6. The predicted octanol–water partition coefficient (Wildman–Crippen LogP) is 1.45. The summed E-state index contributed by atoms with van der Waals surface area (Å²) in [5.41, 5.74) is 1.84. The first-order valence-corrected chi connectivity index (χ1v) is 7.76. The van der Waals surface area contributed by atoms with E-state index >= 15 is 0 Å². The van der Waals surface area contributed by atoms with E-state index in [-0.39, 0.29) is 31.2 Å². The van der Waals surface area contributed by atoms with Crippen LogP contribution in [0.25, 0.3) is 0 Å². The fraction of sp³-hybridized carbons (Fsp3) is 0.500. The molecule has 1 fully saturated rings. The summed E-state index contributed by atoms with van der Waals surface area (Å²) in [4.78, 5) is 24.0. The zero-order valence-corrected chi connectivity index (χ0v) is 12.7. The minimum Gasteiger partial charge on any atom is -0.489 e. The largest absolute Gasteiger partial charge is 0.489 e. The van der Waals surface area contributed by atoms with Gasteiger partial charge in [0.05, 0.1) is 19.2 Å². The molecular weight excluding hydrogens is 300 g/mol. The van der Waals surface area contributed by atoms with Crippen molar-refractivity contribution >= 4 is 17.7 Å². The van der Waals surface area contributed by atoms with Crippen molar-refractivity contribution in [3.8, 4) is 5.75 Å². The lowest BCUT2D eigenvalue weighted by atomic mass is 10.0. The van der Waals surface area contributed by atoms with Crippen molar-refractivity contribution in [1.29, 1.82) is 0 Å². The molecule has 2 aliphatic rings. The lowest BCUT2D eigenvalue weighted by molar-refractivity contribution is -0.116. The van der Waals surface area contributed by atoms with E-state index in [4.69, 9.17) is 4.74 Å². The molecular formula is C16H20N2O5. The number of carbonyl (C=O) groups excluding carboxylic acids is 1. The molecule has 1 aromatic carbocycles. The van der Waals surface area contributed by atoms with Gasteiger partial charge in [0.2, 0.25) is 5.91 Å². The number of hydrogen-bond donors (Lipinski definition) is 3. The van der Waals surface area contributed by atoms with Gasteiger partial charge in [0.25, 0.3) is 0 Å². The number of nitrogens with zero attached hydrogens (tertiary/aromatic N) is 1. The molecule has 0 radical (unpaired) electrons. The van der Waals surface area contributed by atoms with Gasteiger partial charge >= 0.3 is 6.09 Å². The molecule has 3 rings (SSSR count). The average molecular weight is 320 g/mol. The number of aryl methyl sites for hydroxylation is 1. The molecule has 2 heterocycles. The van der Waals surface area contributed by atoms with Gasteiger partial charge in [-0.1, -0.05) is 6.07 Å². The third-order valence-corrected chi connectivity index (χ3v) is 4.40. The molecule has 0 aliphatic carbocycles. The van der Waals surface area contributed by atoms with E-state index in [0.29, 0.717) is 25.0 Å². The molecule has 1 saturated heterocycles. The number of likely N-dealkylation sites (tertiary alicyclic amines) is 1. The zero-order chi connectivity index (χ0) is 16.4. The quantitative estimate of drug-likeness (QED) is 0.783. The number of anilines is 1. The van der Waals surface area contributed by atoms with E-state index in [2.05, 4.69) is 5.32 Å². The molecule has 7 nitrogen and oxygen atoms in total. The Kier molecular flexibility index (Phi) is 4.38. The molecule has 23 heavy (non-hydrogen) atoms. The number of carboxylic acid groups (broad SMARTS) is 1. The highest BCUT2D eigenvalue weighted by Crippen LogP contribution is 2.29. The second kappa shape index (κ2) is 6.45. The molecule has 1 aromatic rings. The Hall–Kier alpha value is -2.28. The monoisotopic (exact) mass is 320 g/mol. The third-order valence-electron chi connectivity index (χ3n) is 4.40. The fourth-order valence-corrected chi connectivity index (χ4v) is 3.13. The maximum atomic E-state index is 11.5. The maximum absolute atomic E-state index is 11.5. The van der Waals surface area contributed by atoms with E-state index in [1.807, 2.05) is 12.1 Å². The van der Waals surface area contributed by atoms with Gasteiger partial charge < -0.3 is 20.3 Å². The van der Waals surface area contributed by atoms with E-state index in [9.17, 15) is 19.8 Å². The normalized spacial score (nSPS) is 23.9. The molecule has 0 bridgehead atoms. The number of carbonyl (C=O) groups is 2. The summed E-state index contributed by atoms with van der Waals surface area (Å²) in [6, 6.07) is 5.20. The number of benzene rings is 1. The zero-order valence-electron chi connectivity index (χ0n) is 12.7. The highest BCUT2D eigenvalue weighted by atomic mass is 16.5. The van der Waals surface area contributed by atoms with Crippen molar-refractivity contribution in [3.63, 3.8) is 0 Å². The molecule has 0 spiro atoms. The van der Waals surface area contributed by atoms with Crippen LogP contribution in [-0.2, 0) is 11.2 Å². The molecule has 2 aliphatic heterocycles. The van der Waals surface area contributed by atoms with Gasteiger partial charge in [-0.3, -0.25) is 9.69 Å². The van der Waals surface area contributed by atoms with Gasteiger partial charge in [-0.25, -0.2) is 4.79 Å². The Morgan fingerprint density at radius 3 is 2.91 bits per heavy atom. The first-order chi connectivity index (χ1) is 11.1.